The molecule has 7 amide bonds. The van der Waals surface area contributed by atoms with Gasteiger partial charge >= 0.3 is 0 Å². The minimum Gasteiger partial charge on any atom is -0.387 e. The standard InChI is InChI=1S/C51H68F2N8O11S/c1-51(2,3)48(49-57-40(38-27-37(52)11-12-39(38)53)32-58(49)30-35-9-5-4-6-10-35)61(47(68)33-62)31-36(29-54)34-73-41-28-46(67)60(50(41)69)20-16-43(64)56-18-8-22-71-24-26-72-25-23-70-21-7-17-55-42(63)15-19-59-44(65)13-14-45(59)66/h4-6,9-14,27,32,36,41,48,62H,7-8,15-26,28-31,33-34,54H2,1-3H3,(H,55,63)(H,56,64). The molecular formula is C51H68F2N8O11S. The van der Waals surface area contributed by atoms with Crippen LogP contribution in [0, 0.1) is 23.0 Å². The lowest BCUT2D eigenvalue weighted by molar-refractivity contribution is -0.141. The van der Waals surface area contributed by atoms with Crippen molar-refractivity contribution in [1.82, 2.24) is 34.9 Å². The molecule has 2 aromatic carbocycles. The summed E-state index contributed by atoms with van der Waals surface area (Å²) in [6.07, 6.45) is 4.99. The topological polar surface area (TPSA) is 245 Å². The molecule has 0 saturated carbocycles. The average molecular weight is 1040 g/mol. The number of thioether (sulfide) groups is 1. The third-order valence-electron chi connectivity index (χ3n) is 11.9. The van der Waals surface area contributed by atoms with Crippen LogP contribution in [0.2, 0.25) is 0 Å². The molecule has 1 aromatic heterocycles. The first kappa shape index (κ1) is 58.0. The normalized spacial score (nSPS) is 15.6. The van der Waals surface area contributed by atoms with Crippen LogP contribution in [0.15, 0.2) is 66.9 Å². The SMILES string of the molecule is CC(C)(C)C(c1nc(-c2cc(F)ccc2F)cn1Cc1ccccc1)N(CC(CN)CSC1CC(=O)N(CCC(=O)NCCCOCCOCCOCCCNC(=O)CCN2C(=O)C=CC2=O)C1=O)C(=O)CO. The van der Waals surface area contributed by atoms with Gasteiger partial charge in [-0.2, -0.15) is 0 Å². The molecule has 0 radical (unpaired) electrons. The number of likely N-dealkylation sites (tertiary alicyclic amines) is 1. The highest BCUT2D eigenvalue weighted by Crippen LogP contribution is 2.40. The molecule has 2 aliphatic rings. The number of nitrogens with two attached hydrogens (primary N) is 1. The van der Waals surface area contributed by atoms with Gasteiger partial charge in [-0.1, -0.05) is 51.1 Å². The van der Waals surface area contributed by atoms with Crippen molar-refractivity contribution in [2.75, 3.05) is 91.3 Å². The van der Waals surface area contributed by atoms with E-state index in [1.165, 1.54) is 28.8 Å². The van der Waals surface area contributed by atoms with Crippen LogP contribution in [0.1, 0.15) is 70.3 Å². The number of carbonyl (C=O) groups excluding carboxylic acids is 7. The summed E-state index contributed by atoms with van der Waals surface area (Å²) >= 11 is 1.24. The average Bonchev–Trinajstić information content (AvgIpc) is 4.01. The van der Waals surface area contributed by atoms with E-state index in [1.807, 2.05) is 51.1 Å². The summed E-state index contributed by atoms with van der Waals surface area (Å²) in [4.78, 5) is 96.3. The van der Waals surface area contributed by atoms with E-state index < -0.39 is 70.4 Å². The van der Waals surface area contributed by atoms with Gasteiger partial charge in [0.15, 0.2) is 0 Å². The Bertz CT molecular complexity index is 2370. The zero-order valence-electron chi connectivity index (χ0n) is 41.7. The zero-order chi connectivity index (χ0) is 52.9. The van der Waals surface area contributed by atoms with Crippen molar-refractivity contribution in [2.45, 2.75) is 70.7 Å². The van der Waals surface area contributed by atoms with Crippen LogP contribution in [-0.4, -0.2) is 167 Å². The highest BCUT2D eigenvalue weighted by molar-refractivity contribution is 8.00. The molecule has 73 heavy (non-hydrogen) atoms. The van der Waals surface area contributed by atoms with Gasteiger partial charge in [-0.05, 0) is 60.2 Å². The first-order valence-corrected chi connectivity index (χ1v) is 25.5. The van der Waals surface area contributed by atoms with Crippen molar-refractivity contribution in [1.29, 1.82) is 0 Å². The Balaban J connectivity index is 0.999. The van der Waals surface area contributed by atoms with Gasteiger partial charge in [0.2, 0.25) is 29.5 Å². The maximum atomic E-state index is 15.2. The van der Waals surface area contributed by atoms with E-state index in [0.717, 1.165) is 33.6 Å². The molecule has 5 N–H and O–H groups in total. The van der Waals surface area contributed by atoms with Gasteiger partial charge in [-0.15, -0.1) is 11.8 Å². The van der Waals surface area contributed by atoms with Crippen molar-refractivity contribution < 1.29 is 61.7 Å². The zero-order valence-corrected chi connectivity index (χ0v) is 42.5. The van der Waals surface area contributed by atoms with Crippen molar-refractivity contribution >= 4 is 53.1 Å². The maximum absolute atomic E-state index is 15.2. The van der Waals surface area contributed by atoms with E-state index in [9.17, 15) is 43.1 Å². The second-order valence-corrected chi connectivity index (χ2v) is 19.8. The van der Waals surface area contributed by atoms with E-state index >= 15 is 4.39 Å². The lowest BCUT2D eigenvalue weighted by atomic mass is 9.84. The van der Waals surface area contributed by atoms with Crippen LogP contribution in [0.4, 0.5) is 8.78 Å². The lowest BCUT2D eigenvalue weighted by Gasteiger charge is -2.41. The first-order chi connectivity index (χ1) is 35.0. The van der Waals surface area contributed by atoms with Crippen LogP contribution in [0.3, 0.4) is 0 Å². The molecule has 1 fully saturated rings. The van der Waals surface area contributed by atoms with Crippen LogP contribution in [-0.2, 0) is 54.3 Å². The summed E-state index contributed by atoms with van der Waals surface area (Å²) in [5, 5.41) is 15.1. The van der Waals surface area contributed by atoms with Gasteiger partial charge < -0.3 is 45.2 Å². The molecule has 2 aliphatic heterocycles. The second kappa shape index (κ2) is 29.1. The summed E-state index contributed by atoms with van der Waals surface area (Å²) in [6.45, 7) is 8.22. The fraction of sp³-hybridized carbons (Fsp3) is 0.529. The number of nitrogens with one attached hydrogen (secondary N) is 2. The molecule has 22 heteroatoms. The first-order valence-electron chi connectivity index (χ1n) is 24.4. The largest absolute Gasteiger partial charge is 0.387 e. The summed E-state index contributed by atoms with van der Waals surface area (Å²) < 4.78 is 47.9. The van der Waals surface area contributed by atoms with Crippen LogP contribution >= 0.6 is 11.8 Å². The number of hydrogen-bond donors (Lipinski definition) is 4. The molecule has 0 bridgehead atoms. The number of halogens is 2. The van der Waals surface area contributed by atoms with Crippen molar-refractivity contribution in [2.24, 2.45) is 17.1 Å². The number of amides is 7. The minimum absolute atomic E-state index is 0.0322. The van der Waals surface area contributed by atoms with E-state index in [-0.39, 0.29) is 74.3 Å². The summed E-state index contributed by atoms with van der Waals surface area (Å²) in [6, 6.07) is 11.8. The Morgan fingerprint density at radius 1 is 0.863 bits per heavy atom. The molecule has 1 saturated heterocycles. The van der Waals surface area contributed by atoms with Gasteiger partial charge in [0.25, 0.3) is 11.8 Å². The van der Waals surface area contributed by atoms with Gasteiger partial charge in [0.05, 0.1) is 43.4 Å². The molecule has 3 unspecified atom stereocenters. The van der Waals surface area contributed by atoms with E-state index in [2.05, 4.69) is 10.6 Å². The molecule has 0 aliphatic carbocycles. The van der Waals surface area contributed by atoms with Crippen LogP contribution in [0.25, 0.3) is 11.3 Å². The number of aromatic nitrogens is 2. The molecule has 3 heterocycles. The Hall–Kier alpha value is -5.91. The summed E-state index contributed by atoms with van der Waals surface area (Å²) in [7, 11) is 0. The highest BCUT2D eigenvalue weighted by Gasteiger charge is 2.41. The Labute approximate surface area is 428 Å². The number of rotatable bonds is 32. The fourth-order valence-electron chi connectivity index (χ4n) is 8.16. The number of hydrogen-bond acceptors (Lipinski definition) is 14. The monoisotopic (exact) mass is 1040 g/mol. The van der Waals surface area contributed by atoms with Crippen molar-refractivity contribution in [3.05, 3.63) is 89.9 Å². The van der Waals surface area contributed by atoms with Gasteiger partial charge in [0, 0.05) is 95.7 Å². The van der Waals surface area contributed by atoms with Gasteiger partial charge in [-0.25, -0.2) is 13.8 Å². The smallest absolute Gasteiger partial charge is 0.253 e. The van der Waals surface area contributed by atoms with Gasteiger partial charge in [-0.3, -0.25) is 43.4 Å². The molecular weight excluding hydrogens is 971 g/mol. The van der Waals surface area contributed by atoms with Crippen molar-refractivity contribution in [3.8, 4) is 11.3 Å². The number of ether oxygens (including phenoxy) is 3. The van der Waals surface area contributed by atoms with E-state index in [0.29, 0.717) is 77.9 Å². The van der Waals surface area contributed by atoms with E-state index in [1.54, 1.807) is 10.8 Å². The molecule has 3 atom stereocenters. The highest BCUT2D eigenvalue weighted by atomic mass is 32.2. The number of benzene rings is 2. The minimum atomic E-state index is -0.825. The van der Waals surface area contributed by atoms with Gasteiger partial charge in [0.1, 0.15) is 24.1 Å². The predicted octanol–water partition coefficient (Wildman–Crippen LogP) is 2.99. The molecule has 3 aromatic rings. The Morgan fingerprint density at radius 3 is 2.03 bits per heavy atom. The number of nitrogens with zero attached hydrogens (tertiary/aromatic N) is 5. The fourth-order valence-corrected chi connectivity index (χ4v) is 9.44. The Kier molecular flexibility index (Phi) is 23.1. The molecule has 0 spiro atoms. The van der Waals surface area contributed by atoms with Crippen LogP contribution in [0.5, 0.6) is 0 Å². The number of aliphatic hydroxyl groups excluding tert-OH is 1. The third-order valence-corrected chi connectivity index (χ3v) is 13.3. The predicted molar refractivity (Wildman–Crippen MR) is 267 cm³/mol. The quantitative estimate of drug-likeness (QED) is 0.0519. The molecule has 5 rings (SSSR count). The van der Waals surface area contributed by atoms with Crippen LogP contribution < -0.4 is 16.4 Å². The number of imide groups is 2. The second-order valence-electron chi connectivity index (χ2n) is 18.6. The number of aliphatic hydroxyl groups is 1. The number of carbonyl (C=O) groups is 7. The Morgan fingerprint density at radius 2 is 1.45 bits per heavy atom. The third kappa shape index (κ3) is 17.9. The molecule has 19 nitrogen and oxygen atoms in total. The summed E-state index contributed by atoms with van der Waals surface area (Å²) in [5.74, 6) is -3.90. The maximum Gasteiger partial charge on any atom is 0.253 e. The lowest BCUT2D eigenvalue weighted by Crippen LogP contribution is -2.47. The van der Waals surface area contributed by atoms with E-state index in [4.69, 9.17) is 24.9 Å². The summed E-state index contributed by atoms with van der Waals surface area (Å²) in [5.41, 5.74) is 6.58. The molecule has 398 valence electrons. The number of imidazole rings is 1. The van der Waals surface area contributed by atoms with Crippen molar-refractivity contribution in [3.63, 3.8) is 0 Å².